The summed E-state index contributed by atoms with van der Waals surface area (Å²) in [6.07, 6.45) is 5.89. The van der Waals surface area contributed by atoms with Crippen molar-refractivity contribution >= 4 is 8.07 Å². The number of azide groups is 1. The zero-order valence-electron chi connectivity index (χ0n) is 14.9. The molecule has 1 aliphatic rings. The first kappa shape index (κ1) is 18.3. The Morgan fingerprint density at radius 1 is 1.19 bits per heavy atom. The van der Waals surface area contributed by atoms with Crippen molar-refractivity contribution in [2.45, 2.75) is 90.4 Å². The van der Waals surface area contributed by atoms with E-state index >= 15 is 0 Å². The van der Waals surface area contributed by atoms with Gasteiger partial charge in [-0.1, -0.05) is 71.3 Å². The zero-order valence-corrected chi connectivity index (χ0v) is 15.9. The monoisotopic (exact) mass is 307 g/mol. The molecule has 120 valence electrons. The van der Waals surface area contributed by atoms with E-state index in [-0.39, 0.29) is 6.04 Å². The summed E-state index contributed by atoms with van der Waals surface area (Å²) in [6, 6.07) is 0.0758. The largest absolute Gasteiger partial charge is 0.0886 e. The van der Waals surface area contributed by atoms with Crippen molar-refractivity contribution in [3.63, 3.8) is 0 Å². The Morgan fingerprint density at radius 3 is 2.10 bits per heavy atom. The summed E-state index contributed by atoms with van der Waals surface area (Å²) < 4.78 is 0. The van der Waals surface area contributed by atoms with Gasteiger partial charge in [0.1, 0.15) is 0 Å². The summed E-state index contributed by atoms with van der Waals surface area (Å²) in [4.78, 5) is 3.10. The number of nitrogens with zero attached hydrogens (tertiary/aromatic N) is 3. The molecule has 0 spiro atoms. The van der Waals surface area contributed by atoms with E-state index in [0.29, 0.717) is 5.92 Å². The second-order valence-corrected chi connectivity index (χ2v) is 13.5. The van der Waals surface area contributed by atoms with Crippen LogP contribution in [0.5, 0.6) is 0 Å². The topological polar surface area (TPSA) is 48.8 Å². The van der Waals surface area contributed by atoms with Gasteiger partial charge in [-0.3, -0.25) is 0 Å². The molecule has 2 atom stereocenters. The van der Waals surface area contributed by atoms with Gasteiger partial charge in [-0.2, -0.15) is 0 Å². The van der Waals surface area contributed by atoms with Crippen molar-refractivity contribution in [3.8, 4) is 0 Å². The molecule has 0 radical (unpaired) electrons. The van der Waals surface area contributed by atoms with E-state index in [4.69, 9.17) is 5.53 Å². The minimum atomic E-state index is -1.56. The summed E-state index contributed by atoms with van der Waals surface area (Å²) in [7, 11) is -1.56. The molecule has 0 N–H and O–H groups in total. The van der Waals surface area contributed by atoms with Gasteiger partial charge in [-0.25, -0.2) is 0 Å². The minimum absolute atomic E-state index is 0.0758. The van der Waals surface area contributed by atoms with E-state index in [2.05, 4.69) is 64.6 Å². The molecule has 0 aromatic carbocycles. The quantitative estimate of drug-likeness (QED) is 0.229. The average Bonchev–Trinajstić information content (AvgIpc) is 2.38. The molecule has 0 amide bonds. The van der Waals surface area contributed by atoms with Crippen LogP contribution in [-0.2, 0) is 0 Å². The van der Waals surface area contributed by atoms with Crippen LogP contribution in [0.15, 0.2) is 16.4 Å². The van der Waals surface area contributed by atoms with E-state index in [9.17, 15) is 0 Å². The van der Waals surface area contributed by atoms with E-state index < -0.39 is 8.07 Å². The maximum Gasteiger partial charge on any atom is 0.0886 e. The average molecular weight is 308 g/mol. The van der Waals surface area contributed by atoms with Crippen LogP contribution in [0.4, 0.5) is 0 Å². The van der Waals surface area contributed by atoms with E-state index in [1.54, 1.807) is 5.20 Å². The van der Waals surface area contributed by atoms with Crippen molar-refractivity contribution in [2.75, 3.05) is 0 Å². The number of rotatable bonds is 6. The predicted molar refractivity (Wildman–Crippen MR) is 95.1 cm³/mol. The number of hydrogen-bond donors (Lipinski definition) is 0. The minimum Gasteiger partial charge on any atom is -0.0863 e. The molecule has 0 saturated heterocycles. The Kier molecular flexibility index (Phi) is 6.55. The van der Waals surface area contributed by atoms with Crippen LogP contribution in [-0.4, -0.2) is 14.1 Å². The van der Waals surface area contributed by atoms with Crippen LogP contribution in [0, 0.1) is 5.92 Å². The fraction of sp³-hybridized carbons (Fsp3) is 0.882. The molecule has 1 rings (SSSR count). The predicted octanol–water partition coefficient (Wildman–Crippen LogP) is 6.63. The maximum atomic E-state index is 8.89. The third-order valence-corrected chi connectivity index (χ3v) is 13.0. The molecule has 4 heteroatoms. The first-order valence-corrected chi connectivity index (χ1v) is 10.8. The third-order valence-electron chi connectivity index (χ3n) is 5.77. The second kappa shape index (κ2) is 7.51. The van der Waals surface area contributed by atoms with Crippen LogP contribution in [0.1, 0.15) is 67.7 Å². The Morgan fingerprint density at radius 2 is 1.71 bits per heavy atom. The molecule has 0 bridgehead atoms. The molecule has 3 nitrogen and oxygen atoms in total. The van der Waals surface area contributed by atoms with Crippen molar-refractivity contribution in [2.24, 2.45) is 11.0 Å². The molecule has 0 heterocycles. The van der Waals surface area contributed by atoms with Crippen LogP contribution < -0.4 is 0 Å². The molecule has 21 heavy (non-hydrogen) atoms. The Hall–Kier alpha value is -0.733. The van der Waals surface area contributed by atoms with Crippen LogP contribution in [0.2, 0.25) is 16.6 Å². The summed E-state index contributed by atoms with van der Waals surface area (Å²) in [6.45, 7) is 16.6. The fourth-order valence-corrected chi connectivity index (χ4v) is 12.3. The van der Waals surface area contributed by atoms with Crippen LogP contribution >= 0.6 is 0 Å². The van der Waals surface area contributed by atoms with Crippen LogP contribution in [0.25, 0.3) is 10.4 Å². The van der Waals surface area contributed by atoms with Gasteiger partial charge in [-0.15, -0.1) is 0 Å². The smallest absolute Gasteiger partial charge is 0.0863 e. The highest BCUT2D eigenvalue weighted by molar-refractivity contribution is 6.89. The Balaban J connectivity index is 3.34. The van der Waals surface area contributed by atoms with Gasteiger partial charge >= 0.3 is 0 Å². The van der Waals surface area contributed by atoms with Crippen molar-refractivity contribution in [1.82, 2.24) is 0 Å². The first-order chi connectivity index (χ1) is 9.82. The highest BCUT2D eigenvalue weighted by Crippen LogP contribution is 2.49. The normalized spacial score (nSPS) is 23.4. The SMILES string of the molecule is CCC1CCC([Si](C(C)C)(C(C)C)C(C)C)=CC1N=[N+]=[N-]. The van der Waals surface area contributed by atoms with Gasteiger partial charge in [0.15, 0.2) is 0 Å². The van der Waals surface area contributed by atoms with E-state index in [0.717, 1.165) is 23.0 Å². The summed E-state index contributed by atoms with van der Waals surface area (Å²) in [5.41, 5.74) is 11.1. The lowest BCUT2D eigenvalue weighted by molar-refractivity contribution is 0.409. The standard InChI is InChI=1S/C17H33N3Si/c1-8-15-9-10-16(11-17(15)19-20-18)21(12(2)3,13(4)5)14(6)7/h11-15,17H,8-10H2,1-7H3. The molecule has 0 aromatic heterocycles. The Bertz CT molecular complexity index is 398. The molecule has 2 unspecified atom stereocenters. The molecule has 0 aliphatic heterocycles. The lowest BCUT2D eigenvalue weighted by Gasteiger charge is -2.47. The molecular weight excluding hydrogens is 274 g/mol. The van der Waals surface area contributed by atoms with Gasteiger partial charge in [0.05, 0.1) is 14.1 Å². The van der Waals surface area contributed by atoms with Gasteiger partial charge in [0.25, 0.3) is 0 Å². The third kappa shape index (κ3) is 3.37. The van der Waals surface area contributed by atoms with Crippen molar-refractivity contribution in [1.29, 1.82) is 0 Å². The summed E-state index contributed by atoms with van der Waals surface area (Å²) in [5, 5.41) is 5.77. The molecule has 0 aromatic rings. The van der Waals surface area contributed by atoms with Gasteiger partial charge in [0, 0.05) is 4.91 Å². The van der Waals surface area contributed by atoms with Crippen LogP contribution in [0.3, 0.4) is 0 Å². The molecular formula is C17H33N3Si. The number of allylic oxidation sites excluding steroid dienone is 1. The van der Waals surface area contributed by atoms with E-state index in [1.165, 1.54) is 12.8 Å². The fourth-order valence-electron chi connectivity index (χ4n) is 5.04. The number of hydrogen-bond acceptors (Lipinski definition) is 1. The summed E-state index contributed by atoms with van der Waals surface area (Å²) in [5.74, 6) is 0.530. The van der Waals surface area contributed by atoms with Gasteiger partial charge < -0.3 is 0 Å². The molecule has 0 fully saturated rings. The van der Waals surface area contributed by atoms with Gasteiger partial charge in [-0.05, 0) is 40.9 Å². The molecule has 0 saturated carbocycles. The summed E-state index contributed by atoms with van der Waals surface area (Å²) >= 11 is 0. The highest BCUT2D eigenvalue weighted by Gasteiger charge is 2.46. The maximum absolute atomic E-state index is 8.89. The lowest BCUT2D eigenvalue weighted by Crippen LogP contribution is -2.48. The Labute approximate surface area is 131 Å². The molecule has 1 aliphatic carbocycles. The van der Waals surface area contributed by atoms with Crippen molar-refractivity contribution in [3.05, 3.63) is 21.7 Å². The second-order valence-electron chi connectivity index (χ2n) is 7.49. The highest BCUT2D eigenvalue weighted by atomic mass is 28.3. The lowest BCUT2D eigenvalue weighted by atomic mass is 9.88. The van der Waals surface area contributed by atoms with E-state index in [1.807, 2.05) is 0 Å². The van der Waals surface area contributed by atoms with Crippen molar-refractivity contribution < 1.29 is 0 Å². The first-order valence-electron chi connectivity index (χ1n) is 8.57. The zero-order chi connectivity index (χ0) is 16.2. The van der Waals surface area contributed by atoms with Gasteiger partial charge in [0.2, 0.25) is 0 Å².